The van der Waals surface area contributed by atoms with Crippen molar-refractivity contribution in [2.24, 2.45) is 0 Å². The van der Waals surface area contributed by atoms with Crippen LogP contribution in [0, 0.1) is 0 Å². The van der Waals surface area contributed by atoms with Crippen LogP contribution in [0.3, 0.4) is 0 Å². The van der Waals surface area contributed by atoms with Gasteiger partial charge >= 0.3 is 5.97 Å². The Kier molecular flexibility index (Phi) is 9.08. The van der Waals surface area contributed by atoms with Crippen molar-refractivity contribution in [2.45, 2.75) is 20.8 Å². The highest BCUT2D eigenvalue weighted by Crippen LogP contribution is 2.37. The number of benzene rings is 5. The average molecular weight is 572 g/mol. The van der Waals surface area contributed by atoms with E-state index in [1.165, 1.54) is 12.5 Å². The summed E-state index contributed by atoms with van der Waals surface area (Å²) in [7, 11) is 1.64. The lowest BCUT2D eigenvalue weighted by Crippen LogP contribution is -2.09. The zero-order chi connectivity index (χ0) is 30.2. The topological polar surface area (TPSA) is 57.2 Å². The second-order valence-corrected chi connectivity index (χ2v) is 10.1. The first-order valence-electron chi connectivity index (χ1n) is 13.9. The van der Waals surface area contributed by atoms with Gasteiger partial charge in [-0.1, -0.05) is 35.9 Å². The maximum Gasteiger partial charge on any atom is 0.308 e. The smallest absolute Gasteiger partial charge is 0.308 e. The lowest BCUT2D eigenvalue weighted by Gasteiger charge is -2.26. The molecule has 0 saturated carbocycles. The van der Waals surface area contributed by atoms with Crippen LogP contribution in [0.4, 0.5) is 17.1 Å². The molecular weight excluding hydrogens is 538 g/mol. The molecule has 5 rings (SSSR count). The third-order valence-corrected chi connectivity index (χ3v) is 6.38. The Morgan fingerprint density at radius 1 is 0.558 bits per heavy atom. The molecule has 0 atom stereocenters. The first-order chi connectivity index (χ1) is 20.9. The van der Waals surface area contributed by atoms with Gasteiger partial charge < -0.3 is 23.8 Å². The van der Waals surface area contributed by atoms with Crippen molar-refractivity contribution in [1.29, 1.82) is 0 Å². The fraction of sp³-hybridized carbons (Fsp3) is 0.108. The van der Waals surface area contributed by atoms with Gasteiger partial charge in [0.05, 0.1) is 7.11 Å². The molecule has 0 N–H and O–H groups in total. The van der Waals surface area contributed by atoms with Crippen molar-refractivity contribution in [3.05, 3.63) is 132 Å². The molecule has 0 aromatic heterocycles. The van der Waals surface area contributed by atoms with E-state index in [1.807, 2.05) is 78.9 Å². The van der Waals surface area contributed by atoms with Gasteiger partial charge in [-0.15, -0.1) is 0 Å². The summed E-state index contributed by atoms with van der Waals surface area (Å²) in [5, 5.41) is 0. The van der Waals surface area contributed by atoms with Crippen LogP contribution in [-0.2, 0) is 4.79 Å². The van der Waals surface area contributed by atoms with Gasteiger partial charge in [0.2, 0.25) is 0 Å². The maximum absolute atomic E-state index is 11.3. The number of rotatable bonds is 10. The van der Waals surface area contributed by atoms with Gasteiger partial charge in [-0.25, -0.2) is 0 Å². The van der Waals surface area contributed by atoms with Gasteiger partial charge in [0.1, 0.15) is 34.5 Å². The van der Waals surface area contributed by atoms with Crippen molar-refractivity contribution in [2.75, 3.05) is 12.0 Å². The highest BCUT2D eigenvalue weighted by Gasteiger charge is 2.14. The predicted octanol–water partition coefficient (Wildman–Crippen LogP) is 10.1. The van der Waals surface area contributed by atoms with Gasteiger partial charge in [-0.2, -0.15) is 0 Å². The number of carbonyl (C=O) groups is 1. The maximum atomic E-state index is 11.3. The normalized spacial score (nSPS) is 10.4. The Morgan fingerprint density at radius 2 is 1.00 bits per heavy atom. The molecule has 0 bridgehead atoms. The molecule has 0 amide bonds. The summed E-state index contributed by atoms with van der Waals surface area (Å²) in [6.07, 6.45) is 2.15. The lowest BCUT2D eigenvalue weighted by atomic mass is 10.1. The number of ether oxygens (including phenoxy) is 4. The standard InChI is InChI=1S/C37H33NO5/c1-26(2)23-28-11-13-29(14-12-28)38(30-15-19-32(20-16-30)42-36-9-5-7-34(24-36)40-4)31-17-21-33(22-18-31)43-37-10-6-8-35(25-37)41-27(3)39/h5-25H,1-4H3. The van der Waals surface area contributed by atoms with Gasteiger partial charge in [0.25, 0.3) is 0 Å². The molecule has 6 heteroatoms. The summed E-state index contributed by atoms with van der Waals surface area (Å²) < 4.78 is 22.6. The second-order valence-electron chi connectivity index (χ2n) is 10.1. The molecule has 0 heterocycles. The van der Waals surface area contributed by atoms with E-state index in [0.29, 0.717) is 23.0 Å². The van der Waals surface area contributed by atoms with Gasteiger partial charge in [-0.3, -0.25) is 4.79 Å². The number of hydrogen-bond donors (Lipinski definition) is 0. The predicted molar refractivity (Wildman–Crippen MR) is 171 cm³/mol. The number of hydrogen-bond acceptors (Lipinski definition) is 6. The fourth-order valence-electron chi connectivity index (χ4n) is 4.53. The minimum Gasteiger partial charge on any atom is -0.497 e. The monoisotopic (exact) mass is 571 g/mol. The van der Waals surface area contributed by atoms with E-state index in [-0.39, 0.29) is 5.97 Å². The minimum absolute atomic E-state index is 0.379. The minimum atomic E-state index is -0.379. The zero-order valence-electron chi connectivity index (χ0n) is 24.6. The van der Waals surface area contributed by atoms with Crippen LogP contribution in [0.1, 0.15) is 26.3 Å². The summed E-state index contributed by atoms with van der Waals surface area (Å²) in [6.45, 7) is 5.55. The van der Waals surface area contributed by atoms with Crippen molar-refractivity contribution < 1.29 is 23.7 Å². The van der Waals surface area contributed by atoms with E-state index in [1.54, 1.807) is 25.3 Å². The van der Waals surface area contributed by atoms with E-state index in [9.17, 15) is 4.79 Å². The highest BCUT2D eigenvalue weighted by atomic mass is 16.5. The molecular formula is C37H33NO5. The molecule has 0 saturated heterocycles. The van der Waals surface area contributed by atoms with Crippen LogP contribution < -0.4 is 23.8 Å². The van der Waals surface area contributed by atoms with Crippen LogP contribution in [0.15, 0.2) is 127 Å². The quantitative estimate of drug-likeness (QED) is 0.123. The molecule has 0 aliphatic rings. The summed E-state index contributed by atoms with van der Waals surface area (Å²) in [6, 6.07) is 38.8. The van der Waals surface area contributed by atoms with Crippen molar-refractivity contribution in [3.8, 4) is 34.5 Å². The Morgan fingerprint density at radius 3 is 1.47 bits per heavy atom. The summed E-state index contributed by atoms with van der Waals surface area (Å²) in [5.41, 5.74) is 5.32. The number of allylic oxidation sites excluding steroid dienone is 1. The average Bonchev–Trinajstić information content (AvgIpc) is 2.99. The van der Waals surface area contributed by atoms with Crippen LogP contribution in [-0.4, -0.2) is 13.1 Å². The molecule has 5 aromatic rings. The van der Waals surface area contributed by atoms with Crippen LogP contribution >= 0.6 is 0 Å². The van der Waals surface area contributed by atoms with E-state index < -0.39 is 0 Å². The Labute approximate surface area is 252 Å². The largest absolute Gasteiger partial charge is 0.497 e. The molecule has 0 aliphatic carbocycles. The first-order valence-corrected chi connectivity index (χ1v) is 13.9. The van der Waals surface area contributed by atoms with Crippen LogP contribution in [0.25, 0.3) is 6.08 Å². The Balaban J connectivity index is 1.42. The third kappa shape index (κ3) is 7.83. The number of carbonyl (C=O) groups excluding carboxylic acids is 1. The third-order valence-electron chi connectivity index (χ3n) is 6.38. The fourth-order valence-corrected chi connectivity index (χ4v) is 4.53. The summed E-state index contributed by atoms with van der Waals surface area (Å²) in [4.78, 5) is 13.5. The molecule has 5 aromatic carbocycles. The molecule has 0 aliphatic heterocycles. The van der Waals surface area contributed by atoms with E-state index >= 15 is 0 Å². The van der Waals surface area contributed by atoms with Gasteiger partial charge in [0.15, 0.2) is 0 Å². The lowest BCUT2D eigenvalue weighted by molar-refractivity contribution is -0.131. The molecule has 0 radical (unpaired) electrons. The van der Waals surface area contributed by atoms with Gasteiger partial charge in [-0.05, 0) is 104 Å². The Hall–Kier alpha value is -5.49. The zero-order valence-corrected chi connectivity index (χ0v) is 24.6. The van der Waals surface area contributed by atoms with E-state index in [4.69, 9.17) is 18.9 Å². The molecule has 0 spiro atoms. The molecule has 0 fully saturated rings. The summed E-state index contributed by atoms with van der Waals surface area (Å²) >= 11 is 0. The van der Waals surface area contributed by atoms with Crippen molar-refractivity contribution in [3.63, 3.8) is 0 Å². The van der Waals surface area contributed by atoms with E-state index in [2.05, 4.69) is 49.1 Å². The second kappa shape index (κ2) is 13.4. The summed E-state index contributed by atoms with van der Waals surface area (Å²) in [5.74, 6) is 3.44. The van der Waals surface area contributed by atoms with E-state index in [0.717, 1.165) is 34.1 Å². The number of esters is 1. The Bertz CT molecular complexity index is 1700. The molecule has 43 heavy (non-hydrogen) atoms. The SMILES string of the molecule is COc1cccc(Oc2ccc(N(c3ccc(C=C(C)C)cc3)c3ccc(Oc4cccc(OC(C)=O)c4)cc3)cc2)c1. The van der Waals surface area contributed by atoms with Crippen molar-refractivity contribution >= 4 is 29.1 Å². The molecule has 0 unspecified atom stereocenters. The number of nitrogens with zero attached hydrogens (tertiary/aromatic N) is 1. The van der Waals surface area contributed by atoms with Crippen LogP contribution in [0.5, 0.6) is 34.5 Å². The van der Waals surface area contributed by atoms with Crippen molar-refractivity contribution in [1.82, 2.24) is 0 Å². The molecule has 6 nitrogen and oxygen atoms in total. The van der Waals surface area contributed by atoms with Crippen LogP contribution in [0.2, 0.25) is 0 Å². The highest BCUT2D eigenvalue weighted by molar-refractivity contribution is 5.77. The first kappa shape index (κ1) is 29.0. The number of methoxy groups -OCH3 is 1. The molecule has 216 valence electrons. The number of anilines is 3. The van der Waals surface area contributed by atoms with Gasteiger partial charge in [0, 0.05) is 36.1 Å².